The number of hydrogen-bond donors (Lipinski definition) is 1. The second-order valence-corrected chi connectivity index (χ2v) is 4.40. The first-order valence-electron chi connectivity index (χ1n) is 3.47. The molecule has 0 radical (unpaired) electrons. The molecule has 0 aromatic heterocycles. The average Bonchev–Trinajstić information content (AvgIpc) is 2.05. The molecule has 0 saturated carbocycles. The second-order valence-electron chi connectivity index (χ2n) is 2.39. The summed E-state index contributed by atoms with van der Waals surface area (Å²) in [6.45, 7) is 1.26. The number of rotatable bonds is 1. The van der Waals surface area contributed by atoms with Crippen molar-refractivity contribution in [3.63, 3.8) is 0 Å². The lowest BCUT2D eigenvalue weighted by atomic mass is 10.5. The number of carbonyl (C=O) groups excluding carboxylic acids is 1. The Balaban J connectivity index is 2.39. The standard InChI is InChI=1S/C6H11NO2S2/c8-6(5-10)7-1-3-11(9)4-2-7/h10H,1-5H2. The maximum Gasteiger partial charge on any atom is 0.232 e. The molecule has 1 fully saturated rings. The van der Waals surface area contributed by atoms with E-state index in [1.807, 2.05) is 0 Å². The van der Waals surface area contributed by atoms with Crippen molar-refractivity contribution in [2.75, 3.05) is 30.3 Å². The lowest BCUT2D eigenvalue weighted by molar-refractivity contribution is -0.127. The van der Waals surface area contributed by atoms with Gasteiger partial charge in [-0.3, -0.25) is 9.00 Å². The van der Waals surface area contributed by atoms with E-state index in [0.29, 0.717) is 24.6 Å². The Morgan fingerprint density at radius 3 is 2.45 bits per heavy atom. The van der Waals surface area contributed by atoms with Crippen molar-refractivity contribution in [1.29, 1.82) is 0 Å². The smallest absolute Gasteiger partial charge is 0.232 e. The van der Waals surface area contributed by atoms with E-state index < -0.39 is 10.8 Å². The quantitative estimate of drug-likeness (QED) is 0.570. The Bertz CT molecular complexity index is 173. The van der Waals surface area contributed by atoms with Crippen molar-refractivity contribution in [2.24, 2.45) is 0 Å². The minimum Gasteiger partial charge on any atom is -0.340 e. The summed E-state index contributed by atoms with van der Waals surface area (Å²) >= 11 is 3.88. The molecule has 1 aliphatic rings. The van der Waals surface area contributed by atoms with Crippen LogP contribution in [0.15, 0.2) is 0 Å². The lowest BCUT2D eigenvalue weighted by Crippen LogP contribution is -2.42. The van der Waals surface area contributed by atoms with Gasteiger partial charge in [0.2, 0.25) is 5.91 Å². The lowest BCUT2D eigenvalue weighted by Gasteiger charge is -2.25. The highest BCUT2D eigenvalue weighted by molar-refractivity contribution is 7.85. The van der Waals surface area contributed by atoms with Gasteiger partial charge in [-0.15, -0.1) is 0 Å². The van der Waals surface area contributed by atoms with E-state index in [1.165, 1.54) is 0 Å². The molecular formula is C6H11NO2S2. The van der Waals surface area contributed by atoms with Crippen LogP contribution in [0.4, 0.5) is 0 Å². The Hall–Kier alpha value is -0.0300. The van der Waals surface area contributed by atoms with Gasteiger partial charge in [0.25, 0.3) is 0 Å². The fourth-order valence-corrected chi connectivity index (χ4v) is 2.24. The minimum absolute atomic E-state index is 0.0463. The SMILES string of the molecule is O=C(CS)N1CCS(=O)CC1. The molecule has 5 heteroatoms. The zero-order chi connectivity index (χ0) is 8.27. The van der Waals surface area contributed by atoms with E-state index in [1.54, 1.807) is 4.90 Å². The Kier molecular flexibility index (Phi) is 3.39. The number of carbonyl (C=O) groups is 1. The van der Waals surface area contributed by atoms with E-state index in [0.717, 1.165) is 0 Å². The molecule has 0 spiro atoms. The van der Waals surface area contributed by atoms with Gasteiger partial charge in [0, 0.05) is 35.4 Å². The van der Waals surface area contributed by atoms with Crippen LogP contribution in [-0.4, -0.2) is 45.4 Å². The van der Waals surface area contributed by atoms with Crippen molar-refractivity contribution in [1.82, 2.24) is 4.90 Å². The zero-order valence-electron chi connectivity index (χ0n) is 6.15. The van der Waals surface area contributed by atoms with Gasteiger partial charge in [0.15, 0.2) is 0 Å². The van der Waals surface area contributed by atoms with E-state index >= 15 is 0 Å². The van der Waals surface area contributed by atoms with Crippen LogP contribution in [0, 0.1) is 0 Å². The van der Waals surface area contributed by atoms with Gasteiger partial charge in [-0.25, -0.2) is 0 Å². The minimum atomic E-state index is -0.698. The van der Waals surface area contributed by atoms with Crippen molar-refractivity contribution >= 4 is 29.3 Å². The normalized spacial score (nSPS) is 20.3. The topological polar surface area (TPSA) is 37.4 Å². The first kappa shape index (κ1) is 9.06. The van der Waals surface area contributed by atoms with Crippen molar-refractivity contribution in [3.05, 3.63) is 0 Å². The first-order valence-corrected chi connectivity index (χ1v) is 5.59. The highest BCUT2D eigenvalue weighted by atomic mass is 32.2. The molecule has 0 aromatic carbocycles. The summed E-state index contributed by atoms with van der Waals surface area (Å²) in [5.74, 6) is 1.55. The fraction of sp³-hybridized carbons (Fsp3) is 0.833. The average molecular weight is 193 g/mol. The molecule has 0 atom stereocenters. The third-order valence-corrected chi connectivity index (χ3v) is 3.21. The molecule has 0 unspecified atom stereocenters. The van der Waals surface area contributed by atoms with Gasteiger partial charge >= 0.3 is 0 Å². The molecule has 1 saturated heterocycles. The van der Waals surface area contributed by atoms with Crippen molar-refractivity contribution in [3.8, 4) is 0 Å². The first-order chi connectivity index (χ1) is 5.24. The molecular weight excluding hydrogens is 182 g/mol. The van der Waals surface area contributed by atoms with Gasteiger partial charge in [-0.2, -0.15) is 12.6 Å². The number of hydrogen-bond acceptors (Lipinski definition) is 3. The molecule has 0 N–H and O–H groups in total. The van der Waals surface area contributed by atoms with E-state index in [9.17, 15) is 9.00 Å². The maximum atomic E-state index is 11.0. The van der Waals surface area contributed by atoms with Crippen LogP contribution < -0.4 is 0 Å². The Morgan fingerprint density at radius 1 is 1.45 bits per heavy atom. The van der Waals surface area contributed by atoms with Crippen molar-refractivity contribution < 1.29 is 9.00 Å². The summed E-state index contributed by atoms with van der Waals surface area (Å²) in [4.78, 5) is 12.7. The van der Waals surface area contributed by atoms with E-state index in [4.69, 9.17) is 0 Å². The van der Waals surface area contributed by atoms with Gasteiger partial charge in [0.1, 0.15) is 0 Å². The second kappa shape index (κ2) is 4.11. The number of thiol groups is 1. The van der Waals surface area contributed by atoms with Gasteiger partial charge < -0.3 is 4.90 Å². The van der Waals surface area contributed by atoms with Crippen LogP contribution in [0.3, 0.4) is 0 Å². The molecule has 0 aromatic rings. The predicted octanol–water partition coefficient (Wildman–Crippen LogP) is -0.493. The van der Waals surface area contributed by atoms with Gasteiger partial charge in [-0.05, 0) is 0 Å². The summed E-state index contributed by atoms with van der Waals surface area (Å²) in [6, 6.07) is 0. The van der Waals surface area contributed by atoms with E-state index in [2.05, 4.69) is 12.6 Å². The molecule has 0 aliphatic carbocycles. The van der Waals surface area contributed by atoms with Crippen LogP contribution >= 0.6 is 12.6 Å². The molecule has 0 bridgehead atoms. The van der Waals surface area contributed by atoms with Gasteiger partial charge in [0.05, 0.1) is 5.75 Å². The summed E-state index contributed by atoms with van der Waals surface area (Å²) in [6.07, 6.45) is 0. The highest BCUT2D eigenvalue weighted by Gasteiger charge is 2.18. The third-order valence-electron chi connectivity index (χ3n) is 1.67. The molecule has 1 aliphatic heterocycles. The monoisotopic (exact) mass is 193 g/mol. The molecule has 64 valence electrons. The largest absolute Gasteiger partial charge is 0.340 e. The third kappa shape index (κ3) is 2.48. The maximum absolute atomic E-state index is 11.0. The summed E-state index contributed by atoms with van der Waals surface area (Å²) in [7, 11) is -0.698. The number of amides is 1. The molecule has 3 nitrogen and oxygen atoms in total. The van der Waals surface area contributed by atoms with E-state index in [-0.39, 0.29) is 11.7 Å². The predicted molar refractivity (Wildman–Crippen MR) is 48.3 cm³/mol. The molecule has 1 amide bonds. The van der Waals surface area contributed by atoms with Crippen LogP contribution in [0.2, 0.25) is 0 Å². The highest BCUT2D eigenvalue weighted by Crippen LogP contribution is 2.00. The fourth-order valence-electron chi connectivity index (χ4n) is 0.987. The van der Waals surface area contributed by atoms with Gasteiger partial charge in [-0.1, -0.05) is 0 Å². The molecule has 1 rings (SSSR count). The summed E-state index contributed by atoms with van der Waals surface area (Å²) in [5, 5.41) is 0. The number of nitrogens with zero attached hydrogens (tertiary/aromatic N) is 1. The van der Waals surface area contributed by atoms with Crippen LogP contribution in [0.25, 0.3) is 0 Å². The van der Waals surface area contributed by atoms with Crippen LogP contribution in [0.1, 0.15) is 0 Å². The molecule has 1 heterocycles. The Morgan fingerprint density at radius 2 is 2.00 bits per heavy atom. The zero-order valence-corrected chi connectivity index (χ0v) is 7.87. The van der Waals surface area contributed by atoms with Crippen LogP contribution in [0.5, 0.6) is 0 Å². The summed E-state index contributed by atoms with van der Waals surface area (Å²) < 4.78 is 10.9. The van der Waals surface area contributed by atoms with Crippen molar-refractivity contribution in [2.45, 2.75) is 0 Å². The summed E-state index contributed by atoms with van der Waals surface area (Å²) in [5.41, 5.74) is 0. The Labute approximate surface area is 74.0 Å². The van der Waals surface area contributed by atoms with Crippen LogP contribution in [-0.2, 0) is 15.6 Å². The molecule has 11 heavy (non-hydrogen) atoms.